The fourth-order valence-electron chi connectivity index (χ4n) is 1.60. The summed E-state index contributed by atoms with van der Waals surface area (Å²) >= 11 is 0. The summed E-state index contributed by atoms with van der Waals surface area (Å²) in [7, 11) is 0. The van der Waals surface area contributed by atoms with Crippen molar-refractivity contribution in [1.29, 1.82) is 0 Å². The number of hydrogen-bond acceptors (Lipinski definition) is 4. The Balaban J connectivity index is 2.66. The van der Waals surface area contributed by atoms with Crippen LogP contribution in [0.1, 0.15) is 22.3 Å². The molecule has 98 valence electrons. The van der Waals surface area contributed by atoms with Crippen LogP contribution in [-0.4, -0.2) is 36.1 Å². The number of hydrogen-bond donors (Lipinski definition) is 2. The van der Waals surface area contributed by atoms with Gasteiger partial charge in [-0.15, -0.1) is 0 Å². The minimum absolute atomic E-state index is 0.134. The molecule has 1 aromatic carbocycles. The van der Waals surface area contributed by atoms with E-state index >= 15 is 0 Å². The predicted molar refractivity (Wildman–Crippen MR) is 62.8 cm³/mol. The summed E-state index contributed by atoms with van der Waals surface area (Å²) in [5, 5.41) is 20.9. The first-order valence-electron chi connectivity index (χ1n) is 5.79. The van der Waals surface area contributed by atoms with Crippen LogP contribution in [0.5, 0.6) is 0 Å². The van der Waals surface area contributed by atoms with Crippen LogP contribution in [0, 0.1) is 6.92 Å². The van der Waals surface area contributed by atoms with Crippen molar-refractivity contribution in [2.75, 3.05) is 13.2 Å². The van der Waals surface area contributed by atoms with E-state index in [1.165, 1.54) is 5.32 Å². The zero-order valence-electron chi connectivity index (χ0n) is 10.3. The summed E-state index contributed by atoms with van der Waals surface area (Å²) in [6, 6.07) is 6.01. The smallest absolute Gasteiger partial charge is 0.169 e. The molecule has 1 atom stereocenters. The number of carboxylic acids is 1. The molecule has 0 heterocycles. The zero-order valence-corrected chi connectivity index (χ0v) is 10.3. The Morgan fingerprint density at radius 2 is 1.94 bits per heavy atom. The third kappa shape index (κ3) is 4.27. The van der Waals surface area contributed by atoms with E-state index in [2.05, 4.69) is 0 Å². The number of carboxylic acid groups (broad SMARTS) is 1. The number of benzene rings is 1. The van der Waals surface area contributed by atoms with Gasteiger partial charge < -0.3 is 20.3 Å². The van der Waals surface area contributed by atoms with Crippen LogP contribution in [0.25, 0.3) is 0 Å². The third-order valence-electron chi connectivity index (χ3n) is 2.66. The van der Waals surface area contributed by atoms with Gasteiger partial charge in [0, 0.05) is 5.56 Å². The molecule has 5 nitrogen and oxygen atoms in total. The molecule has 1 rings (SSSR count). The second kappa shape index (κ2) is 6.88. The molecular formula is C13H17NO4. The number of rotatable bonds is 7. The van der Waals surface area contributed by atoms with Crippen LogP contribution < -0.4 is 10.4 Å². The quantitative estimate of drug-likeness (QED) is 0.561. The molecule has 0 spiro atoms. The van der Waals surface area contributed by atoms with E-state index in [4.69, 9.17) is 5.11 Å². The maximum Gasteiger partial charge on any atom is 0.169 e. The second-order valence-electron chi connectivity index (χ2n) is 4.17. The summed E-state index contributed by atoms with van der Waals surface area (Å²) in [4.78, 5) is 22.7. The van der Waals surface area contributed by atoms with Gasteiger partial charge in [-0.25, -0.2) is 0 Å². The number of aliphatic hydroxyl groups excluding tert-OH is 1. The highest BCUT2D eigenvalue weighted by Gasteiger charge is 2.18. The van der Waals surface area contributed by atoms with Gasteiger partial charge in [-0.05, 0) is 6.92 Å². The highest BCUT2D eigenvalue weighted by atomic mass is 16.4. The van der Waals surface area contributed by atoms with Crippen molar-refractivity contribution in [2.45, 2.75) is 19.4 Å². The molecule has 0 aliphatic heterocycles. The fraction of sp³-hybridized carbons (Fsp3) is 0.385. The SMILES string of the molecule is Cc1ccc(C(=O)C[C@H]([NH2+]CCO)C(=O)[O-])cc1. The van der Waals surface area contributed by atoms with Crippen molar-refractivity contribution >= 4 is 11.8 Å². The zero-order chi connectivity index (χ0) is 13.5. The summed E-state index contributed by atoms with van der Waals surface area (Å²) in [6.07, 6.45) is -0.134. The van der Waals surface area contributed by atoms with Gasteiger partial charge in [0.1, 0.15) is 6.04 Å². The molecule has 0 radical (unpaired) electrons. The summed E-state index contributed by atoms with van der Waals surface area (Å²) in [5.74, 6) is -1.53. The maximum atomic E-state index is 11.9. The van der Waals surface area contributed by atoms with Crippen LogP contribution in [-0.2, 0) is 4.79 Å². The molecule has 0 fully saturated rings. The number of carbonyl (C=O) groups excluding carboxylic acids is 2. The molecule has 1 aromatic rings. The lowest BCUT2D eigenvalue weighted by atomic mass is 10.0. The normalized spacial score (nSPS) is 12.1. The Labute approximate surface area is 105 Å². The number of aliphatic hydroxyl groups is 1. The number of Topliss-reactive ketones (excluding diaryl/α,β-unsaturated/α-hetero) is 1. The number of quaternary nitrogens is 1. The Morgan fingerprint density at radius 1 is 1.33 bits per heavy atom. The Kier molecular flexibility index (Phi) is 5.48. The van der Waals surface area contributed by atoms with Crippen molar-refractivity contribution in [3.63, 3.8) is 0 Å². The standard InChI is InChI=1S/C13H17NO4/c1-9-2-4-10(5-3-9)12(16)8-11(13(17)18)14-6-7-15/h2-5,11,14-15H,6-8H2,1H3,(H,17,18)/t11-/m0/s1. The van der Waals surface area contributed by atoms with E-state index in [1.807, 2.05) is 6.92 Å². The molecule has 0 unspecified atom stereocenters. The van der Waals surface area contributed by atoms with Crippen LogP contribution in [0.15, 0.2) is 24.3 Å². The minimum atomic E-state index is -1.29. The minimum Gasteiger partial charge on any atom is -0.544 e. The molecule has 5 heteroatoms. The molecule has 0 saturated carbocycles. The van der Waals surface area contributed by atoms with Gasteiger partial charge in [-0.3, -0.25) is 4.79 Å². The van der Waals surface area contributed by atoms with Crippen molar-refractivity contribution in [3.05, 3.63) is 35.4 Å². The molecule has 0 amide bonds. The highest BCUT2D eigenvalue weighted by Crippen LogP contribution is 2.06. The first kappa shape index (κ1) is 14.3. The van der Waals surface area contributed by atoms with Crippen LogP contribution >= 0.6 is 0 Å². The fourth-order valence-corrected chi connectivity index (χ4v) is 1.60. The monoisotopic (exact) mass is 251 g/mol. The first-order valence-corrected chi connectivity index (χ1v) is 5.79. The van der Waals surface area contributed by atoms with Crippen molar-refractivity contribution in [1.82, 2.24) is 0 Å². The number of carbonyl (C=O) groups is 2. The highest BCUT2D eigenvalue weighted by molar-refractivity contribution is 5.98. The van der Waals surface area contributed by atoms with Gasteiger partial charge in [-0.2, -0.15) is 0 Å². The molecule has 0 aliphatic carbocycles. The molecule has 0 aromatic heterocycles. The van der Waals surface area contributed by atoms with Crippen molar-refractivity contribution in [2.24, 2.45) is 0 Å². The van der Waals surface area contributed by atoms with Crippen LogP contribution in [0.3, 0.4) is 0 Å². The predicted octanol–water partition coefficient (Wildman–Crippen LogP) is -1.76. The number of aryl methyl sites for hydroxylation is 1. The molecule has 0 saturated heterocycles. The Morgan fingerprint density at radius 3 is 2.44 bits per heavy atom. The molecule has 0 aliphatic rings. The largest absolute Gasteiger partial charge is 0.544 e. The summed E-state index contributed by atoms with van der Waals surface area (Å²) in [6.45, 7) is 2.01. The summed E-state index contributed by atoms with van der Waals surface area (Å²) < 4.78 is 0. The van der Waals surface area contributed by atoms with Crippen molar-refractivity contribution < 1.29 is 25.1 Å². The first-order chi connectivity index (χ1) is 8.54. The van der Waals surface area contributed by atoms with E-state index < -0.39 is 12.0 Å². The number of nitrogens with two attached hydrogens (primary N) is 1. The Bertz CT molecular complexity index is 414. The van der Waals surface area contributed by atoms with Gasteiger partial charge >= 0.3 is 0 Å². The topological polar surface area (TPSA) is 94.0 Å². The van der Waals surface area contributed by atoms with E-state index in [0.717, 1.165) is 5.56 Å². The third-order valence-corrected chi connectivity index (χ3v) is 2.66. The van der Waals surface area contributed by atoms with Gasteiger partial charge in [-0.1, -0.05) is 29.8 Å². The lowest BCUT2D eigenvalue weighted by molar-refractivity contribution is -0.683. The summed E-state index contributed by atoms with van der Waals surface area (Å²) in [5.41, 5.74) is 1.53. The lowest BCUT2D eigenvalue weighted by Crippen LogP contribution is -2.94. The number of ketones is 1. The second-order valence-corrected chi connectivity index (χ2v) is 4.17. The average molecular weight is 251 g/mol. The van der Waals surface area contributed by atoms with Gasteiger partial charge in [0.05, 0.1) is 25.5 Å². The van der Waals surface area contributed by atoms with E-state index in [9.17, 15) is 14.7 Å². The Hall–Kier alpha value is -1.72. The van der Waals surface area contributed by atoms with Gasteiger partial charge in [0.15, 0.2) is 5.78 Å². The van der Waals surface area contributed by atoms with Crippen LogP contribution in [0.4, 0.5) is 0 Å². The van der Waals surface area contributed by atoms with E-state index in [0.29, 0.717) is 5.56 Å². The van der Waals surface area contributed by atoms with E-state index in [-0.39, 0.29) is 25.4 Å². The molecular weight excluding hydrogens is 234 g/mol. The van der Waals surface area contributed by atoms with Crippen LogP contribution in [0.2, 0.25) is 0 Å². The van der Waals surface area contributed by atoms with Crippen molar-refractivity contribution in [3.8, 4) is 0 Å². The average Bonchev–Trinajstić information content (AvgIpc) is 2.34. The lowest BCUT2D eigenvalue weighted by Gasteiger charge is -2.15. The molecule has 3 N–H and O–H groups in total. The van der Waals surface area contributed by atoms with Gasteiger partial charge in [0.25, 0.3) is 0 Å². The molecule has 18 heavy (non-hydrogen) atoms. The van der Waals surface area contributed by atoms with E-state index in [1.54, 1.807) is 24.3 Å². The number of aliphatic carboxylic acids is 1. The molecule has 0 bridgehead atoms. The maximum absolute atomic E-state index is 11.9. The van der Waals surface area contributed by atoms with Gasteiger partial charge in [0.2, 0.25) is 0 Å².